The molecule has 0 spiro atoms. The Bertz CT molecular complexity index is 374. The lowest BCUT2D eigenvalue weighted by Crippen LogP contribution is -2.19. The first-order valence-corrected chi connectivity index (χ1v) is 6.24. The third kappa shape index (κ3) is 7.54. The van der Waals surface area contributed by atoms with Crippen molar-refractivity contribution in [2.45, 2.75) is 13.0 Å². The minimum Gasteiger partial charge on any atom is -0.493 e. The van der Waals surface area contributed by atoms with Crippen LogP contribution >= 0.6 is 11.6 Å². The van der Waals surface area contributed by atoms with Crippen molar-refractivity contribution in [1.29, 1.82) is 0 Å². The largest absolute Gasteiger partial charge is 0.493 e. The van der Waals surface area contributed by atoms with Gasteiger partial charge < -0.3 is 19.9 Å². The van der Waals surface area contributed by atoms with Crippen molar-refractivity contribution in [2.75, 3.05) is 26.6 Å². The van der Waals surface area contributed by atoms with Crippen molar-refractivity contribution in [3.63, 3.8) is 0 Å². The molecule has 1 amide bonds. The van der Waals surface area contributed by atoms with Gasteiger partial charge in [-0.05, 0) is 24.6 Å². The molecular formula is C13H20ClNO4. The molecule has 0 fully saturated rings. The maximum absolute atomic E-state index is 9.24. The van der Waals surface area contributed by atoms with E-state index < -0.39 is 6.10 Å². The molecule has 0 saturated heterocycles. The third-order valence-corrected chi connectivity index (χ3v) is 2.40. The van der Waals surface area contributed by atoms with Gasteiger partial charge in [-0.2, -0.15) is 0 Å². The second-order valence-electron chi connectivity index (χ2n) is 3.68. The maximum atomic E-state index is 9.24. The molecule has 6 heteroatoms. The molecule has 0 aliphatic carbocycles. The Morgan fingerprint density at radius 2 is 2.11 bits per heavy atom. The number of hydrogen-bond acceptors (Lipinski definition) is 4. The number of nitrogens with one attached hydrogen (secondary N) is 1. The Balaban J connectivity index is 0.000000711. The van der Waals surface area contributed by atoms with Crippen molar-refractivity contribution in [1.82, 2.24) is 5.32 Å². The summed E-state index contributed by atoms with van der Waals surface area (Å²) in [6.07, 6.45) is -0.0299. The molecule has 1 rings (SSSR count). The zero-order chi connectivity index (χ0) is 14.7. The summed E-state index contributed by atoms with van der Waals surface area (Å²) in [4.78, 5) is 9.06. The van der Waals surface area contributed by atoms with Crippen LogP contribution in [0.1, 0.15) is 5.56 Å². The highest BCUT2D eigenvalue weighted by Gasteiger charge is 2.07. The number of amides is 1. The molecule has 1 unspecified atom stereocenters. The highest BCUT2D eigenvalue weighted by atomic mass is 35.5. The van der Waals surface area contributed by atoms with Crippen LogP contribution in [0.25, 0.3) is 0 Å². The molecule has 108 valence electrons. The smallest absolute Gasteiger partial charge is 0.206 e. The number of hydrogen-bond donors (Lipinski definition) is 2. The standard InChI is InChI=1S/C11H15ClO3.C2H5NO/c1-8-3-4-10(11(5-8)14-2)15-7-9(13)6-12;1-3-2-4/h3-5,9,13H,6-7H2,1-2H3;2H,1H3,(H,3,4). The van der Waals surface area contributed by atoms with Crippen LogP contribution in [0.2, 0.25) is 0 Å². The van der Waals surface area contributed by atoms with Crippen molar-refractivity contribution < 1.29 is 19.4 Å². The first-order valence-electron chi connectivity index (χ1n) is 5.71. The number of carbonyl (C=O) groups excluding carboxylic acids is 1. The summed E-state index contributed by atoms with van der Waals surface area (Å²) in [6.45, 7) is 2.14. The van der Waals surface area contributed by atoms with Crippen LogP contribution in [0, 0.1) is 6.92 Å². The number of alkyl halides is 1. The van der Waals surface area contributed by atoms with Crippen LogP contribution in [0.4, 0.5) is 0 Å². The maximum Gasteiger partial charge on any atom is 0.206 e. The van der Waals surface area contributed by atoms with Gasteiger partial charge in [-0.15, -0.1) is 11.6 Å². The number of halogens is 1. The van der Waals surface area contributed by atoms with Gasteiger partial charge in [-0.1, -0.05) is 6.07 Å². The predicted molar refractivity (Wildman–Crippen MR) is 75.1 cm³/mol. The molecule has 1 aromatic carbocycles. The molecule has 19 heavy (non-hydrogen) atoms. The van der Waals surface area contributed by atoms with Crippen LogP contribution in [-0.2, 0) is 4.79 Å². The molecular weight excluding hydrogens is 270 g/mol. The highest BCUT2D eigenvalue weighted by molar-refractivity contribution is 6.18. The van der Waals surface area contributed by atoms with E-state index in [1.54, 1.807) is 14.2 Å². The van der Waals surface area contributed by atoms with E-state index in [4.69, 9.17) is 25.9 Å². The molecule has 0 bridgehead atoms. The number of aryl methyl sites for hydroxylation is 1. The van der Waals surface area contributed by atoms with E-state index in [1.807, 2.05) is 25.1 Å². The Kier molecular flexibility index (Phi) is 9.66. The average Bonchev–Trinajstić information content (AvgIpc) is 2.45. The van der Waals surface area contributed by atoms with Crippen LogP contribution in [0.3, 0.4) is 0 Å². The monoisotopic (exact) mass is 289 g/mol. The highest BCUT2D eigenvalue weighted by Crippen LogP contribution is 2.27. The number of aliphatic hydroxyl groups is 1. The molecule has 2 N–H and O–H groups in total. The Hall–Kier alpha value is -1.46. The third-order valence-electron chi connectivity index (χ3n) is 2.05. The van der Waals surface area contributed by atoms with Gasteiger partial charge in [0.05, 0.1) is 13.0 Å². The molecule has 5 nitrogen and oxygen atoms in total. The zero-order valence-electron chi connectivity index (χ0n) is 11.4. The van der Waals surface area contributed by atoms with E-state index in [1.165, 1.54) is 0 Å². The van der Waals surface area contributed by atoms with Crippen LogP contribution in [0.15, 0.2) is 18.2 Å². The number of rotatable bonds is 6. The van der Waals surface area contributed by atoms with Crippen molar-refractivity contribution in [3.8, 4) is 11.5 Å². The van der Waals surface area contributed by atoms with Crippen molar-refractivity contribution >= 4 is 18.0 Å². The first kappa shape index (κ1) is 17.5. The number of aliphatic hydroxyl groups excluding tert-OH is 1. The van der Waals surface area contributed by atoms with Gasteiger partial charge in [0.25, 0.3) is 0 Å². The van der Waals surface area contributed by atoms with Gasteiger partial charge >= 0.3 is 0 Å². The summed E-state index contributed by atoms with van der Waals surface area (Å²) in [5.74, 6) is 1.44. The number of ether oxygens (including phenoxy) is 2. The van der Waals surface area contributed by atoms with Crippen molar-refractivity contribution in [2.24, 2.45) is 0 Å². The summed E-state index contributed by atoms with van der Waals surface area (Å²) in [6, 6.07) is 5.61. The molecule has 0 saturated carbocycles. The number of benzene rings is 1. The van der Waals surface area contributed by atoms with Gasteiger partial charge in [-0.25, -0.2) is 0 Å². The molecule has 0 aliphatic rings. The average molecular weight is 290 g/mol. The molecule has 1 aromatic rings. The first-order chi connectivity index (χ1) is 9.08. The predicted octanol–water partition coefficient (Wildman–Crippen LogP) is 1.34. The fourth-order valence-electron chi connectivity index (χ4n) is 1.12. The lowest BCUT2D eigenvalue weighted by Gasteiger charge is -2.13. The Morgan fingerprint density at radius 1 is 1.47 bits per heavy atom. The van der Waals surface area contributed by atoms with E-state index in [0.717, 1.165) is 5.56 Å². The fraction of sp³-hybridized carbons (Fsp3) is 0.462. The van der Waals surface area contributed by atoms with Gasteiger partial charge in [-0.3, -0.25) is 4.79 Å². The Morgan fingerprint density at radius 3 is 2.58 bits per heavy atom. The normalized spacial score (nSPS) is 10.8. The molecule has 0 heterocycles. The topological polar surface area (TPSA) is 67.8 Å². The van der Waals surface area contributed by atoms with Gasteiger partial charge in [0.2, 0.25) is 6.41 Å². The summed E-state index contributed by atoms with van der Waals surface area (Å²) in [7, 11) is 3.15. The lowest BCUT2D eigenvalue weighted by atomic mass is 10.2. The van der Waals surface area contributed by atoms with E-state index in [9.17, 15) is 5.11 Å². The second kappa shape index (κ2) is 10.5. The van der Waals surface area contributed by atoms with Gasteiger partial charge in [0.1, 0.15) is 12.7 Å². The summed E-state index contributed by atoms with van der Waals surface area (Å²) in [5.41, 5.74) is 1.09. The van der Waals surface area contributed by atoms with Crippen LogP contribution in [-0.4, -0.2) is 44.3 Å². The molecule has 0 radical (unpaired) electrons. The molecule has 0 aliphatic heterocycles. The van der Waals surface area contributed by atoms with Crippen LogP contribution < -0.4 is 14.8 Å². The van der Waals surface area contributed by atoms with Crippen LogP contribution in [0.5, 0.6) is 11.5 Å². The summed E-state index contributed by atoms with van der Waals surface area (Å²) >= 11 is 5.46. The minimum atomic E-state index is -0.655. The van der Waals surface area contributed by atoms with E-state index in [-0.39, 0.29) is 12.5 Å². The van der Waals surface area contributed by atoms with E-state index >= 15 is 0 Å². The zero-order valence-corrected chi connectivity index (χ0v) is 12.1. The molecule has 1 atom stereocenters. The summed E-state index contributed by atoms with van der Waals surface area (Å²) in [5, 5.41) is 11.5. The lowest BCUT2D eigenvalue weighted by molar-refractivity contribution is -0.109. The minimum absolute atomic E-state index is 0.161. The van der Waals surface area contributed by atoms with Gasteiger partial charge in [0, 0.05) is 7.05 Å². The second-order valence-corrected chi connectivity index (χ2v) is 3.99. The quantitative estimate of drug-likeness (QED) is 0.613. The van der Waals surface area contributed by atoms with E-state index in [0.29, 0.717) is 17.9 Å². The SMILES string of the molecule is CNC=O.COc1cc(C)ccc1OCC(O)CCl. The molecule has 0 aromatic heterocycles. The fourth-order valence-corrected chi connectivity index (χ4v) is 1.21. The number of carbonyl (C=O) groups is 1. The van der Waals surface area contributed by atoms with E-state index in [2.05, 4.69) is 5.32 Å². The Labute approximate surface area is 118 Å². The van der Waals surface area contributed by atoms with Crippen molar-refractivity contribution in [3.05, 3.63) is 23.8 Å². The van der Waals surface area contributed by atoms with Gasteiger partial charge in [0.15, 0.2) is 11.5 Å². The number of methoxy groups -OCH3 is 1. The summed E-state index contributed by atoms with van der Waals surface area (Å²) < 4.78 is 10.5.